The fourth-order valence-corrected chi connectivity index (χ4v) is 0.383. The number of hydrogen-bond acceptors (Lipinski definition) is 3. The molecule has 0 aromatic carbocycles. The Labute approximate surface area is 66.4 Å². The fourth-order valence-electron chi connectivity index (χ4n) is 0.210. The van der Waals surface area contributed by atoms with E-state index >= 15 is 0 Å². The van der Waals surface area contributed by atoms with Crippen molar-refractivity contribution in [2.75, 3.05) is 0 Å². The maximum atomic E-state index is 10.00. The zero-order chi connectivity index (χ0) is 8.15. The van der Waals surface area contributed by atoms with Crippen LogP contribution in [0.2, 0.25) is 0 Å². The topological polar surface area (TPSA) is 69.9 Å². The Bertz CT molecular complexity index is 199. The second-order valence-electron chi connectivity index (χ2n) is 1.21. The maximum absolute atomic E-state index is 10.00. The van der Waals surface area contributed by atoms with Gasteiger partial charge in [0.2, 0.25) is 0 Å². The van der Waals surface area contributed by atoms with Crippen molar-refractivity contribution < 1.29 is 15.1 Å². The number of carboxylic acids is 1. The van der Waals surface area contributed by atoms with Crippen molar-refractivity contribution in [3.05, 3.63) is 10.1 Å². The summed E-state index contributed by atoms with van der Waals surface area (Å²) in [5.41, 5.74) is 0. The Morgan fingerprint density at radius 3 is 2.30 bits per heavy atom. The van der Waals surface area contributed by atoms with Crippen molar-refractivity contribution in [1.82, 2.24) is 0 Å². The zero-order valence-electron chi connectivity index (χ0n) is 4.58. The molecule has 0 saturated carbocycles. The molecular formula is C4H3Cl2NO3. The molecule has 0 aromatic heterocycles. The summed E-state index contributed by atoms with van der Waals surface area (Å²) in [6.07, 6.45) is 0.720. The SMILES string of the molecule is O=C(O)/C(Cl)=C(Cl)/C=N/O. The Hall–Kier alpha value is -0.740. The van der Waals surface area contributed by atoms with Crippen LogP contribution in [0.5, 0.6) is 0 Å². The van der Waals surface area contributed by atoms with Gasteiger partial charge in [-0.1, -0.05) is 28.4 Å². The summed E-state index contributed by atoms with van der Waals surface area (Å²) in [4.78, 5) is 10.00. The first-order valence-electron chi connectivity index (χ1n) is 2.05. The summed E-state index contributed by atoms with van der Waals surface area (Å²) in [5.74, 6) is -1.37. The van der Waals surface area contributed by atoms with E-state index in [0.29, 0.717) is 0 Å². The molecule has 0 unspecified atom stereocenters. The fraction of sp³-hybridized carbons (Fsp3) is 0. The van der Waals surface area contributed by atoms with Gasteiger partial charge in [0.25, 0.3) is 0 Å². The second kappa shape index (κ2) is 4.14. The lowest BCUT2D eigenvalue weighted by Crippen LogP contribution is -1.96. The maximum Gasteiger partial charge on any atom is 0.348 e. The average Bonchev–Trinajstić information content (AvgIpc) is 1.87. The highest BCUT2D eigenvalue weighted by Gasteiger charge is 2.07. The molecule has 0 aliphatic rings. The third kappa shape index (κ3) is 2.70. The van der Waals surface area contributed by atoms with Crippen LogP contribution < -0.4 is 0 Å². The van der Waals surface area contributed by atoms with E-state index in [1.165, 1.54) is 0 Å². The van der Waals surface area contributed by atoms with Gasteiger partial charge in [-0.05, 0) is 0 Å². The van der Waals surface area contributed by atoms with Crippen molar-refractivity contribution in [3.8, 4) is 0 Å². The highest BCUT2D eigenvalue weighted by atomic mass is 35.5. The zero-order valence-corrected chi connectivity index (χ0v) is 6.10. The van der Waals surface area contributed by atoms with E-state index in [1.54, 1.807) is 0 Å². The Kier molecular flexibility index (Phi) is 3.83. The van der Waals surface area contributed by atoms with Crippen LogP contribution >= 0.6 is 23.2 Å². The average molecular weight is 184 g/mol. The molecular weight excluding hydrogens is 181 g/mol. The molecule has 0 atom stereocenters. The molecule has 2 N–H and O–H groups in total. The molecule has 0 radical (unpaired) electrons. The highest BCUT2D eigenvalue weighted by Crippen LogP contribution is 2.11. The smallest absolute Gasteiger partial charge is 0.348 e. The van der Waals surface area contributed by atoms with E-state index in [2.05, 4.69) is 5.16 Å². The highest BCUT2D eigenvalue weighted by molar-refractivity contribution is 6.51. The van der Waals surface area contributed by atoms with E-state index in [1.807, 2.05) is 0 Å². The lowest BCUT2D eigenvalue weighted by molar-refractivity contribution is -0.131. The van der Waals surface area contributed by atoms with E-state index in [4.69, 9.17) is 33.5 Å². The van der Waals surface area contributed by atoms with Gasteiger partial charge in [0.1, 0.15) is 5.03 Å². The van der Waals surface area contributed by atoms with Crippen molar-refractivity contribution >= 4 is 35.4 Å². The molecule has 4 nitrogen and oxygen atoms in total. The number of oxime groups is 1. The van der Waals surface area contributed by atoms with Gasteiger partial charge in [-0.25, -0.2) is 4.79 Å². The van der Waals surface area contributed by atoms with Crippen LogP contribution in [0, 0.1) is 0 Å². The van der Waals surface area contributed by atoms with Crippen LogP contribution in [-0.4, -0.2) is 22.5 Å². The van der Waals surface area contributed by atoms with E-state index in [0.717, 1.165) is 6.21 Å². The van der Waals surface area contributed by atoms with Crippen molar-refractivity contribution in [1.29, 1.82) is 0 Å². The molecule has 0 spiro atoms. The Morgan fingerprint density at radius 2 is 2.00 bits per heavy atom. The number of carbonyl (C=O) groups is 1. The summed E-state index contributed by atoms with van der Waals surface area (Å²) in [6.45, 7) is 0. The first-order valence-corrected chi connectivity index (χ1v) is 2.81. The van der Waals surface area contributed by atoms with Gasteiger partial charge in [0.15, 0.2) is 0 Å². The lowest BCUT2D eigenvalue weighted by atomic mass is 10.5. The lowest BCUT2D eigenvalue weighted by Gasteiger charge is -1.88. The van der Waals surface area contributed by atoms with Crippen LogP contribution in [0.15, 0.2) is 15.2 Å². The van der Waals surface area contributed by atoms with Crippen LogP contribution in [0.4, 0.5) is 0 Å². The van der Waals surface area contributed by atoms with Crippen molar-refractivity contribution in [2.24, 2.45) is 5.16 Å². The summed E-state index contributed by atoms with van der Waals surface area (Å²) < 4.78 is 0. The molecule has 0 aromatic rings. The minimum atomic E-state index is -1.37. The third-order valence-corrected chi connectivity index (χ3v) is 1.32. The molecule has 0 saturated heterocycles. The molecule has 0 bridgehead atoms. The largest absolute Gasteiger partial charge is 0.477 e. The predicted octanol–water partition coefficient (Wildman–Crippen LogP) is 1.22. The number of hydrogen-bond donors (Lipinski definition) is 2. The standard InChI is InChI=1S/C4H3Cl2NO3/c5-2(1-7-10)3(6)4(8)9/h1,10H,(H,8,9)/b3-2+,7-1+. The van der Waals surface area contributed by atoms with E-state index < -0.39 is 11.0 Å². The Balaban J connectivity index is 4.50. The minimum absolute atomic E-state index is 0.323. The predicted molar refractivity (Wildman–Crippen MR) is 36.6 cm³/mol. The number of nitrogens with zero attached hydrogens (tertiary/aromatic N) is 1. The number of allylic oxidation sites excluding steroid dienone is 1. The van der Waals surface area contributed by atoms with Gasteiger partial charge in [-0.2, -0.15) is 0 Å². The molecule has 0 heterocycles. The van der Waals surface area contributed by atoms with Gasteiger partial charge < -0.3 is 10.3 Å². The molecule has 56 valence electrons. The van der Waals surface area contributed by atoms with Gasteiger partial charge in [-0.3, -0.25) is 0 Å². The van der Waals surface area contributed by atoms with Gasteiger partial charge in [0, 0.05) is 0 Å². The summed E-state index contributed by atoms with van der Waals surface area (Å²) >= 11 is 10.3. The molecule has 10 heavy (non-hydrogen) atoms. The normalized spacial score (nSPS) is 13.4. The van der Waals surface area contributed by atoms with Crippen molar-refractivity contribution in [3.63, 3.8) is 0 Å². The molecule has 0 fully saturated rings. The first kappa shape index (κ1) is 9.26. The van der Waals surface area contributed by atoms with Crippen LogP contribution in [-0.2, 0) is 4.79 Å². The second-order valence-corrected chi connectivity index (χ2v) is 2.00. The quantitative estimate of drug-likeness (QED) is 0.293. The number of aliphatic carboxylic acids is 1. The molecule has 6 heteroatoms. The number of rotatable bonds is 2. The first-order chi connectivity index (χ1) is 4.59. The van der Waals surface area contributed by atoms with E-state index in [9.17, 15) is 4.79 Å². The summed E-state index contributed by atoms with van der Waals surface area (Å²) in [6, 6.07) is 0. The minimum Gasteiger partial charge on any atom is -0.477 e. The van der Waals surface area contributed by atoms with Crippen LogP contribution in [0.25, 0.3) is 0 Å². The van der Waals surface area contributed by atoms with Gasteiger partial charge in [0.05, 0.1) is 11.2 Å². The Morgan fingerprint density at radius 1 is 1.50 bits per heavy atom. The molecule has 0 rings (SSSR count). The van der Waals surface area contributed by atoms with Gasteiger partial charge in [-0.15, -0.1) is 0 Å². The van der Waals surface area contributed by atoms with E-state index in [-0.39, 0.29) is 5.03 Å². The van der Waals surface area contributed by atoms with Gasteiger partial charge >= 0.3 is 5.97 Å². The van der Waals surface area contributed by atoms with Crippen molar-refractivity contribution in [2.45, 2.75) is 0 Å². The van der Waals surface area contributed by atoms with Crippen LogP contribution in [0.3, 0.4) is 0 Å². The third-order valence-electron chi connectivity index (χ3n) is 0.569. The van der Waals surface area contributed by atoms with Crippen LogP contribution in [0.1, 0.15) is 0 Å². The summed E-state index contributed by atoms with van der Waals surface area (Å²) in [5, 5.41) is 17.6. The molecule has 0 aliphatic heterocycles. The molecule has 0 aliphatic carbocycles. The number of carboxylic acid groups (broad SMARTS) is 1. The molecule has 0 amide bonds. The summed E-state index contributed by atoms with van der Waals surface area (Å²) in [7, 11) is 0. The monoisotopic (exact) mass is 183 g/mol. The number of halogens is 2.